The Labute approximate surface area is 93.6 Å². The van der Waals surface area contributed by atoms with Gasteiger partial charge in [-0.1, -0.05) is 0 Å². The highest BCUT2D eigenvalue weighted by Crippen LogP contribution is 2.22. The highest BCUT2D eigenvalue weighted by atomic mass is 19.3. The SMILES string of the molecule is Nc1cnn(CCNC(=O)C(F)(F)C(F)F)c1. The van der Waals surface area contributed by atoms with Crippen molar-refractivity contribution in [3.63, 3.8) is 0 Å². The first-order valence-electron chi connectivity index (χ1n) is 4.56. The highest BCUT2D eigenvalue weighted by Gasteiger charge is 2.48. The molecule has 9 heteroatoms. The van der Waals surface area contributed by atoms with Gasteiger partial charge in [-0.3, -0.25) is 9.48 Å². The molecule has 0 aliphatic rings. The van der Waals surface area contributed by atoms with E-state index in [0.717, 1.165) is 0 Å². The van der Waals surface area contributed by atoms with E-state index >= 15 is 0 Å². The molecule has 0 radical (unpaired) electrons. The van der Waals surface area contributed by atoms with E-state index in [4.69, 9.17) is 5.73 Å². The minimum absolute atomic E-state index is 0.0578. The van der Waals surface area contributed by atoms with E-state index in [0.29, 0.717) is 5.69 Å². The Hall–Kier alpha value is -1.80. The zero-order valence-electron chi connectivity index (χ0n) is 8.54. The summed E-state index contributed by atoms with van der Waals surface area (Å²) >= 11 is 0. The maximum absolute atomic E-state index is 12.5. The number of nitrogens with two attached hydrogens (primary N) is 1. The van der Waals surface area contributed by atoms with Crippen LogP contribution in [0.3, 0.4) is 0 Å². The van der Waals surface area contributed by atoms with Crippen LogP contribution in [0, 0.1) is 0 Å². The van der Waals surface area contributed by atoms with Gasteiger partial charge < -0.3 is 11.1 Å². The Kier molecular flexibility index (Phi) is 3.92. The van der Waals surface area contributed by atoms with Gasteiger partial charge in [-0.2, -0.15) is 13.9 Å². The standard InChI is InChI=1S/C8H10F4N4O/c9-6(10)8(11,12)7(17)14-1-2-16-4-5(13)3-15-16/h3-4,6H,1-2,13H2,(H,14,17). The van der Waals surface area contributed by atoms with E-state index in [1.165, 1.54) is 17.1 Å². The van der Waals surface area contributed by atoms with Crippen LogP contribution in [0.2, 0.25) is 0 Å². The van der Waals surface area contributed by atoms with Crippen LogP contribution < -0.4 is 11.1 Å². The van der Waals surface area contributed by atoms with Gasteiger partial charge in [0.25, 0.3) is 5.91 Å². The monoisotopic (exact) mass is 254 g/mol. The van der Waals surface area contributed by atoms with E-state index in [-0.39, 0.29) is 13.1 Å². The van der Waals surface area contributed by atoms with Crippen molar-refractivity contribution in [1.29, 1.82) is 0 Å². The van der Waals surface area contributed by atoms with Gasteiger partial charge in [0.05, 0.1) is 18.4 Å². The molecular weight excluding hydrogens is 244 g/mol. The number of nitrogens with zero attached hydrogens (tertiary/aromatic N) is 2. The van der Waals surface area contributed by atoms with Crippen LogP contribution >= 0.6 is 0 Å². The summed E-state index contributed by atoms with van der Waals surface area (Å²) in [6.07, 6.45) is -1.28. The Morgan fingerprint density at radius 1 is 1.59 bits per heavy atom. The lowest BCUT2D eigenvalue weighted by Gasteiger charge is -2.14. The van der Waals surface area contributed by atoms with Crippen molar-refractivity contribution in [3.8, 4) is 0 Å². The number of aromatic nitrogens is 2. The van der Waals surface area contributed by atoms with Gasteiger partial charge in [-0.05, 0) is 0 Å². The zero-order chi connectivity index (χ0) is 13.1. The fourth-order valence-corrected chi connectivity index (χ4v) is 1.00. The van der Waals surface area contributed by atoms with Gasteiger partial charge in [0.2, 0.25) is 0 Å². The third-order valence-electron chi connectivity index (χ3n) is 1.86. The third kappa shape index (κ3) is 3.33. The molecule has 0 fully saturated rings. The van der Waals surface area contributed by atoms with Crippen LogP contribution in [0.15, 0.2) is 12.4 Å². The lowest BCUT2D eigenvalue weighted by Crippen LogP contribution is -2.46. The van der Waals surface area contributed by atoms with Gasteiger partial charge in [-0.15, -0.1) is 0 Å². The Bertz CT molecular complexity index is 393. The second kappa shape index (κ2) is 5.02. The van der Waals surface area contributed by atoms with Crippen LogP contribution in [-0.2, 0) is 11.3 Å². The summed E-state index contributed by atoms with van der Waals surface area (Å²) < 4.78 is 49.8. The summed E-state index contributed by atoms with van der Waals surface area (Å²) in [7, 11) is 0. The first-order chi connectivity index (χ1) is 7.84. The number of anilines is 1. The van der Waals surface area contributed by atoms with Gasteiger partial charge in [0.1, 0.15) is 0 Å². The average Bonchev–Trinajstić information content (AvgIpc) is 2.63. The molecule has 1 rings (SSSR count). The van der Waals surface area contributed by atoms with Crippen LogP contribution in [0.1, 0.15) is 0 Å². The molecule has 17 heavy (non-hydrogen) atoms. The minimum atomic E-state index is -4.68. The van der Waals surface area contributed by atoms with Crippen LogP contribution in [-0.4, -0.2) is 34.6 Å². The topological polar surface area (TPSA) is 72.9 Å². The van der Waals surface area contributed by atoms with Gasteiger partial charge in [-0.25, -0.2) is 8.78 Å². The molecule has 0 saturated heterocycles. The molecule has 1 aromatic rings. The molecule has 0 bridgehead atoms. The summed E-state index contributed by atoms with van der Waals surface area (Å²) in [5.74, 6) is -6.68. The first-order valence-corrected chi connectivity index (χ1v) is 4.56. The maximum atomic E-state index is 12.5. The van der Waals surface area contributed by atoms with Gasteiger partial charge in [0, 0.05) is 12.7 Å². The molecule has 0 spiro atoms. The predicted molar refractivity (Wildman–Crippen MR) is 50.6 cm³/mol. The van der Waals surface area contributed by atoms with Crippen LogP contribution in [0.5, 0.6) is 0 Å². The van der Waals surface area contributed by atoms with Crippen molar-refractivity contribution in [2.45, 2.75) is 18.9 Å². The summed E-state index contributed by atoms with van der Waals surface area (Å²) in [5, 5.41) is 5.41. The van der Waals surface area contributed by atoms with E-state index < -0.39 is 18.3 Å². The van der Waals surface area contributed by atoms with Crippen molar-refractivity contribution < 1.29 is 22.4 Å². The Morgan fingerprint density at radius 3 is 2.71 bits per heavy atom. The van der Waals surface area contributed by atoms with Crippen molar-refractivity contribution in [3.05, 3.63) is 12.4 Å². The number of carbonyl (C=O) groups excluding carboxylic acids is 1. The molecule has 0 aliphatic heterocycles. The van der Waals surface area contributed by atoms with Crippen molar-refractivity contribution in [2.75, 3.05) is 12.3 Å². The van der Waals surface area contributed by atoms with Crippen molar-refractivity contribution in [1.82, 2.24) is 15.1 Å². The number of amides is 1. The fraction of sp³-hybridized carbons (Fsp3) is 0.500. The molecule has 1 aromatic heterocycles. The number of rotatable bonds is 5. The minimum Gasteiger partial charge on any atom is -0.396 e. The molecule has 96 valence electrons. The summed E-state index contributed by atoms with van der Waals surface area (Å²) in [5.41, 5.74) is 5.70. The quantitative estimate of drug-likeness (QED) is 0.751. The fourth-order valence-electron chi connectivity index (χ4n) is 1.00. The van der Waals surface area contributed by atoms with Crippen molar-refractivity contribution >= 4 is 11.6 Å². The number of halogens is 4. The molecule has 0 aliphatic carbocycles. The first kappa shape index (κ1) is 13.3. The van der Waals surface area contributed by atoms with E-state index in [1.807, 2.05) is 0 Å². The summed E-state index contributed by atoms with van der Waals surface area (Å²) in [4.78, 5) is 10.7. The molecule has 3 N–H and O–H groups in total. The number of hydrogen-bond acceptors (Lipinski definition) is 3. The molecular formula is C8H10F4N4O. The van der Waals surface area contributed by atoms with E-state index in [9.17, 15) is 22.4 Å². The number of carbonyl (C=O) groups is 1. The number of nitrogen functional groups attached to an aromatic ring is 1. The average molecular weight is 254 g/mol. The summed E-state index contributed by atoms with van der Waals surface area (Å²) in [6, 6.07) is 0. The summed E-state index contributed by atoms with van der Waals surface area (Å²) in [6.45, 7) is -0.190. The molecule has 0 saturated carbocycles. The molecule has 0 atom stereocenters. The third-order valence-corrected chi connectivity index (χ3v) is 1.86. The van der Waals surface area contributed by atoms with Crippen LogP contribution in [0.25, 0.3) is 0 Å². The number of alkyl halides is 4. The van der Waals surface area contributed by atoms with Crippen molar-refractivity contribution in [2.24, 2.45) is 0 Å². The maximum Gasteiger partial charge on any atom is 0.383 e. The van der Waals surface area contributed by atoms with Gasteiger partial charge >= 0.3 is 12.3 Å². The van der Waals surface area contributed by atoms with Gasteiger partial charge in [0.15, 0.2) is 0 Å². The second-order valence-electron chi connectivity index (χ2n) is 3.22. The Morgan fingerprint density at radius 2 is 2.24 bits per heavy atom. The predicted octanol–water partition coefficient (Wildman–Crippen LogP) is 0.482. The molecule has 1 heterocycles. The highest BCUT2D eigenvalue weighted by molar-refractivity contribution is 5.83. The van der Waals surface area contributed by atoms with E-state index in [2.05, 4.69) is 5.10 Å². The van der Waals surface area contributed by atoms with E-state index in [1.54, 1.807) is 5.32 Å². The largest absolute Gasteiger partial charge is 0.396 e. The molecule has 0 unspecified atom stereocenters. The molecule has 1 amide bonds. The Balaban J connectivity index is 2.39. The number of nitrogens with one attached hydrogen (secondary N) is 1. The second-order valence-corrected chi connectivity index (χ2v) is 3.22. The molecule has 5 nitrogen and oxygen atoms in total. The van der Waals surface area contributed by atoms with Crippen LogP contribution in [0.4, 0.5) is 23.2 Å². The lowest BCUT2D eigenvalue weighted by atomic mass is 10.3. The number of hydrogen-bond donors (Lipinski definition) is 2. The molecule has 0 aromatic carbocycles. The zero-order valence-corrected chi connectivity index (χ0v) is 8.54. The normalized spacial score (nSPS) is 11.8. The smallest absolute Gasteiger partial charge is 0.383 e. The lowest BCUT2D eigenvalue weighted by molar-refractivity contribution is -0.169.